The van der Waals surface area contributed by atoms with E-state index in [1.54, 1.807) is 30.5 Å². The van der Waals surface area contributed by atoms with Crippen molar-refractivity contribution in [2.24, 2.45) is 0 Å². The van der Waals surface area contributed by atoms with Crippen molar-refractivity contribution in [2.45, 2.75) is 18.9 Å². The molecule has 0 spiro atoms. The van der Waals surface area contributed by atoms with E-state index < -0.39 is 0 Å². The summed E-state index contributed by atoms with van der Waals surface area (Å²) in [5.41, 5.74) is 3.40. The second kappa shape index (κ2) is 8.80. The van der Waals surface area contributed by atoms with Crippen LogP contribution in [0.3, 0.4) is 0 Å². The van der Waals surface area contributed by atoms with Gasteiger partial charge in [-0.2, -0.15) is 0 Å². The summed E-state index contributed by atoms with van der Waals surface area (Å²) in [6.07, 6.45) is 3.00. The third-order valence-electron chi connectivity index (χ3n) is 5.13. The zero-order valence-corrected chi connectivity index (χ0v) is 16.6. The maximum atomic E-state index is 14.2. The molecule has 150 valence electrons. The SMILES string of the molecule is OCCc1cc(-c2ccccc2F)ccc1N1CC[C@H](Oc2ncccc2Cl)C1. The molecule has 0 radical (unpaired) electrons. The molecule has 1 saturated heterocycles. The molecule has 1 aliphatic rings. The molecular weight excluding hydrogens is 391 g/mol. The molecule has 4 nitrogen and oxygen atoms in total. The molecule has 1 N–H and O–H groups in total. The first-order valence-corrected chi connectivity index (χ1v) is 10.0. The van der Waals surface area contributed by atoms with Crippen molar-refractivity contribution in [2.75, 3.05) is 24.6 Å². The van der Waals surface area contributed by atoms with Crippen LogP contribution in [0.4, 0.5) is 10.1 Å². The van der Waals surface area contributed by atoms with Gasteiger partial charge >= 0.3 is 0 Å². The summed E-state index contributed by atoms with van der Waals surface area (Å²) in [5.74, 6) is 0.198. The Kier molecular flexibility index (Phi) is 5.97. The van der Waals surface area contributed by atoms with E-state index in [1.807, 2.05) is 24.3 Å². The largest absolute Gasteiger partial charge is 0.471 e. The molecule has 3 aromatic rings. The first kappa shape index (κ1) is 19.7. The number of ether oxygens (including phenoxy) is 1. The van der Waals surface area contributed by atoms with Crippen molar-refractivity contribution < 1.29 is 14.2 Å². The molecule has 6 heteroatoms. The smallest absolute Gasteiger partial charge is 0.232 e. The van der Waals surface area contributed by atoms with Crippen molar-refractivity contribution >= 4 is 17.3 Å². The van der Waals surface area contributed by atoms with Crippen LogP contribution in [-0.2, 0) is 6.42 Å². The predicted molar refractivity (Wildman–Crippen MR) is 113 cm³/mol. The predicted octanol–water partition coefficient (Wildman–Crippen LogP) is 4.73. The van der Waals surface area contributed by atoms with Crippen LogP contribution in [0.1, 0.15) is 12.0 Å². The van der Waals surface area contributed by atoms with E-state index in [1.165, 1.54) is 6.07 Å². The van der Waals surface area contributed by atoms with Gasteiger partial charge in [-0.3, -0.25) is 0 Å². The maximum absolute atomic E-state index is 14.2. The van der Waals surface area contributed by atoms with E-state index in [0.717, 1.165) is 29.8 Å². The fourth-order valence-electron chi connectivity index (χ4n) is 3.74. The number of nitrogens with zero attached hydrogens (tertiary/aromatic N) is 2. The van der Waals surface area contributed by atoms with Gasteiger partial charge in [-0.15, -0.1) is 0 Å². The Morgan fingerprint density at radius 3 is 2.83 bits per heavy atom. The molecule has 0 unspecified atom stereocenters. The average Bonchev–Trinajstić information content (AvgIpc) is 3.19. The minimum absolute atomic E-state index is 0.0179. The average molecular weight is 413 g/mol. The number of hydrogen-bond donors (Lipinski definition) is 1. The van der Waals surface area contributed by atoms with E-state index in [-0.39, 0.29) is 18.5 Å². The van der Waals surface area contributed by atoms with Crippen molar-refractivity contribution in [3.63, 3.8) is 0 Å². The topological polar surface area (TPSA) is 45.6 Å². The number of halogens is 2. The van der Waals surface area contributed by atoms with Crippen molar-refractivity contribution in [3.8, 4) is 17.0 Å². The van der Waals surface area contributed by atoms with Crippen LogP contribution < -0.4 is 9.64 Å². The van der Waals surface area contributed by atoms with Gasteiger partial charge < -0.3 is 14.7 Å². The number of pyridine rings is 1. The number of hydrogen-bond acceptors (Lipinski definition) is 4. The Bertz CT molecular complexity index is 998. The highest BCUT2D eigenvalue weighted by Crippen LogP contribution is 2.32. The highest BCUT2D eigenvalue weighted by Gasteiger charge is 2.26. The molecule has 29 heavy (non-hydrogen) atoms. The number of aliphatic hydroxyl groups excluding tert-OH is 1. The molecule has 1 atom stereocenters. The number of aliphatic hydroxyl groups is 1. The summed E-state index contributed by atoms with van der Waals surface area (Å²) in [7, 11) is 0. The highest BCUT2D eigenvalue weighted by atomic mass is 35.5. The molecule has 0 aliphatic carbocycles. The summed E-state index contributed by atoms with van der Waals surface area (Å²) in [4.78, 5) is 6.43. The van der Waals surface area contributed by atoms with Crippen molar-refractivity contribution in [3.05, 3.63) is 77.2 Å². The molecule has 2 aromatic carbocycles. The number of anilines is 1. The fourth-order valence-corrected chi connectivity index (χ4v) is 3.90. The molecule has 1 aromatic heterocycles. The van der Waals surface area contributed by atoms with Crippen LogP contribution in [0.25, 0.3) is 11.1 Å². The van der Waals surface area contributed by atoms with Crippen LogP contribution in [0.2, 0.25) is 5.02 Å². The lowest BCUT2D eigenvalue weighted by molar-refractivity contribution is 0.216. The molecule has 0 bridgehead atoms. The minimum Gasteiger partial charge on any atom is -0.471 e. The van der Waals surface area contributed by atoms with Crippen LogP contribution >= 0.6 is 11.6 Å². The third kappa shape index (κ3) is 4.36. The number of rotatable bonds is 6. The maximum Gasteiger partial charge on any atom is 0.232 e. The standard InChI is InChI=1S/C23H22ClFN2O2/c24-20-5-3-11-26-23(20)29-18-9-12-27(15-18)22-8-7-16(14-17(22)10-13-28)19-4-1-2-6-21(19)25/h1-8,11,14,18,28H,9-10,12-13,15H2/t18-/m0/s1. The zero-order chi connectivity index (χ0) is 20.2. The Labute approximate surface area is 174 Å². The second-order valence-corrected chi connectivity index (χ2v) is 7.47. The summed E-state index contributed by atoms with van der Waals surface area (Å²) < 4.78 is 20.2. The molecule has 0 saturated carbocycles. The van der Waals surface area contributed by atoms with E-state index >= 15 is 0 Å². The Hall–Kier alpha value is -2.63. The van der Waals surface area contributed by atoms with Gasteiger partial charge in [-0.05, 0) is 47.9 Å². The lowest BCUT2D eigenvalue weighted by Gasteiger charge is -2.23. The summed E-state index contributed by atoms with van der Waals surface area (Å²) >= 11 is 6.15. The summed E-state index contributed by atoms with van der Waals surface area (Å²) in [6.45, 7) is 1.56. The second-order valence-electron chi connectivity index (χ2n) is 7.06. The van der Waals surface area contributed by atoms with Gasteiger partial charge in [0.25, 0.3) is 0 Å². The summed E-state index contributed by atoms with van der Waals surface area (Å²) in [6, 6.07) is 16.2. The van der Waals surface area contributed by atoms with Crippen LogP contribution in [-0.4, -0.2) is 35.9 Å². The quantitative estimate of drug-likeness (QED) is 0.635. The molecule has 1 fully saturated rings. The first-order chi connectivity index (χ1) is 14.2. The van der Waals surface area contributed by atoms with Gasteiger partial charge in [0.1, 0.15) is 16.9 Å². The van der Waals surface area contributed by atoms with Gasteiger partial charge in [0.2, 0.25) is 5.88 Å². The monoisotopic (exact) mass is 412 g/mol. The van der Waals surface area contributed by atoms with Crippen LogP contribution in [0.5, 0.6) is 5.88 Å². The van der Waals surface area contributed by atoms with Gasteiger partial charge in [0.15, 0.2) is 0 Å². The van der Waals surface area contributed by atoms with Gasteiger partial charge in [0.05, 0.1) is 6.54 Å². The normalized spacial score (nSPS) is 16.2. The zero-order valence-electron chi connectivity index (χ0n) is 15.9. The molecule has 1 aliphatic heterocycles. The van der Waals surface area contributed by atoms with Crippen LogP contribution in [0.15, 0.2) is 60.8 Å². The minimum atomic E-state index is -0.253. The van der Waals surface area contributed by atoms with E-state index in [9.17, 15) is 9.50 Å². The van der Waals surface area contributed by atoms with Crippen molar-refractivity contribution in [1.29, 1.82) is 0 Å². The van der Waals surface area contributed by atoms with E-state index in [4.69, 9.17) is 16.3 Å². The van der Waals surface area contributed by atoms with Crippen LogP contribution in [0, 0.1) is 5.82 Å². The van der Waals surface area contributed by atoms with Gasteiger partial charge in [-0.1, -0.05) is 35.9 Å². The lowest BCUT2D eigenvalue weighted by Crippen LogP contribution is -2.25. The highest BCUT2D eigenvalue weighted by molar-refractivity contribution is 6.31. The van der Waals surface area contributed by atoms with E-state index in [0.29, 0.717) is 29.4 Å². The van der Waals surface area contributed by atoms with Gasteiger partial charge in [0, 0.05) is 37.0 Å². The Morgan fingerprint density at radius 2 is 2.03 bits per heavy atom. The lowest BCUT2D eigenvalue weighted by atomic mass is 9.99. The number of aromatic nitrogens is 1. The Balaban J connectivity index is 1.55. The molecular formula is C23H22ClFN2O2. The fraction of sp³-hybridized carbons (Fsp3) is 0.261. The molecule has 2 heterocycles. The summed E-state index contributed by atoms with van der Waals surface area (Å²) in [5, 5.41) is 10.0. The molecule has 0 amide bonds. The molecule has 4 rings (SSSR count). The van der Waals surface area contributed by atoms with Crippen molar-refractivity contribution in [1.82, 2.24) is 4.98 Å². The third-order valence-corrected chi connectivity index (χ3v) is 5.42. The van der Waals surface area contributed by atoms with E-state index in [2.05, 4.69) is 9.88 Å². The Morgan fingerprint density at radius 1 is 1.17 bits per heavy atom. The number of benzene rings is 2. The van der Waals surface area contributed by atoms with Gasteiger partial charge in [-0.25, -0.2) is 9.37 Å². The first-order valence-electron chi connectivity index (χ1n) is 9.66.